The minimum Gasteiger partial charge on any atom is -0.476 e. The van der Waals surface area contributed by atoms with Crippen molar-refractivity contribution < 1.29 is 14.3 Å². The van der Waals surface area contributed by atoms with Crippen LogP contribution in [0.1, 0.15) is 16.1 Å². The molecule has 2 aromatic rings. The van der Waals surface area contributed by atoms with Crippen LogP contribution in [-0.4, -0.2) is 21.0 Å². The zero-order valence-corrected chi connectivity index (χ0v) is 10.1. The summed E-state index contributed by atoms with van der Waals surface area (Å²) in [6.45, 7) is 1.71. The summed E-state index contributed by atoms with van der Waals surface area (Å²) >= 11 is 5.69. The number of nitrogens with zero attached hydrogens (tertiary/aromatic N) is 2. The second kappa shape index (κ2) is 4.70. The molecule has 92 valence electrons. The van der Waals surface area contributed by atoms with Gasteiger partial charge in [-0.2, -0.15) is 0 Å². The van der Waals surface area contributed by atoms with E-state index in [9.17, 15) is 9.18 Å². The van der Waals surface area contributed by atoms with E-state index in [0.29, 0.717) is 5.56 Å². The first kappa shape index (κ1) is 12.4. The van der Waals surface area contributed by atoms with Crippen LogP contribution >= 0.6 is 11.6 Å². The average Bonchev–Trinajstić information content (AvgIpc) is 2.30. The summed E-state index contributed by atoms with van der Waals surface area (Å²) in [5, 5.41) is 8.89. The van der Waals surface area contributed by atoms with Crippen molar-refractivity contribution in [2.45, 2.75) is 6.92 Å². The van der Waals surface area contributed by atoms with Crippen LogP contribution in [0.15, 0.2) is 24.4 Å². The van der Waals surface area contributed by atoms with Gasteiger partial charge in [-0.3, -0.25) is 4.98 Å². The molecule has 0 aromatic carbocycles. The number of aryl methyl sites for hydroxylation is 1. The maximum Gasteiger partial charge on any atom is 0.356 e. The van der Waals surface area contributed by atoms with Crippen molar-refractivity contribution >= 4 is 17.6 Å². The van der Waals surface area contributed by atoms with Crippen molar-refractivity contribution in [1.82, 2.24) is 9.97 Å². The highest BCUT2D eigenvalue weighted by atomic mass is 35.5. The van der Waals surface area contributed by atoms with E-state index < -0.39 is 11.8 Å². The first-order valence-corrected chi connectivity index (χ1v) is 5.39. The van der Waals surface area contributed by atoms with Gasteiger partial charge >= 0.3 is 5.97 Å². The Labute approximate surface area is 107 Å². The molecule has 0 radical (unpaired) electrons. The third-order valence-corrected chi connectivity index (χ3v) is 2.57. The highest BCUT2D eigenvalue weighted by molar-refractivity contribution is 6.33. The van der Waals surface area contributed by atoms with Gasteiger partial charge in [-0.1, -0.05) is 11.6 Å². The molecule has 0 spiro atoms. The van der Waals surface area contributed by atoms with Crippen molar-refractivity contribution in [3.05, 3.63) is 46.5 Å². The number of carbonyl (C=O) groups is 1. The Balaban J connectivity index is 2.58. The molecule has 0 unspecified atom stereocenters. The number of rotatable bonds is 2. The van der Waals surface area contributed by atoms with Crippen molar-refractivity contribution in [2.75, 3.05) is 0 Å². The molecule has 18 heavy (non-hydrogen) atoms. The molecule has 2 heterocycles. The number of hydrogen-bond donors (Lipinski definition) is 1. The van der Waals surface area contributed by atoms with E-state index in [2.05, 4.69) is 9.97 Å². The Morgan fingerprint density at radius 1 is 1.44 bits per heavy atom. The molecule has 0 fully saturated rings. The minimum atomic E-state index is -1.27. The fraction of sp³-hybridized carbons (Fsp3) is 0.0833. The summed E-state index contributed by atoms with van der Waals surface area (Å²) in [6, 6.07) is 4.09. The Morgan fingerprint density at radius 3 is 2.78 bits per heavy atom. The molecule has 1 N–H and O–H groups in total. The summed E-state index contributed by atoms with van der Waals surface area (Å²) in [5.41, 5.74) is 0.480. The summed E-state index contributed by atoms with van der Waals surface area (Å²) in [4.78, 5) is 18.6. The number of aromatic carboxylic acids is 1. The van der Waals surface area contributed by atoms with Gasteiger partial charge in [0, 0.05) is 6.20 Å². The Morgan fingerprint density at radius 2 is 2.17 bits per heavy atom. The smallest absolute Gasteiger partial charge is 0.356 e. The average molecular weight is 267 g/mol. The first-order chi connectivity index (χ1) is 8.49. The summed E-state index contributed by atoms with van der Waals surface area (Å²) in [5.74, 6) is -1.82. The maximum absolute atomic E-state index is 13.7. The van der Waals surface area contributed by atoms with Gasteiger partial charge in [0.1, 0.15) is 5.69 Å². The monoisotopic (exact) mass is 266 g/mol. The molecule has 0 amide bonds. The van der Waals surface area contributed by atoms with Gasteiger partial charge in [0.2, 0.25) is 0 Å². The predicted octanol–water partition coefficient (Wildman–Crippen LogP) is 2.94. The molecule has 4 nitrogen and oxygen atoms in total. The standard InChI is InChI=1S/C12H8ClFN2O2/c1-6-4-8(14)11(15-5-6)9-3-2-7(13)10(16-9)12(17)18/h2-5H,1H3,(H,17,18). The van der Waals surface area contributed by atoms with E-state index in [-0.39, 0.29) is 22.1 Å². The number of pyridine rings is 2. The van der Waals surface area contributed by atoms with Crippen molar-refractivity contribution in [3.8, 4) is 11.4 Å². The van der Waals surface area contributed by atoms with Crippen molar-refractivity contribution in [3.63, 3.8) is 0 Å². The summed E-state index contributed by atoms with van der Waals surface area (Å²) in [6.07, 6.45) is 1.48. The normalized spacial score (nSPS) is 10.4. The van der Waals surface area contributed by atoms with E-state index in [1.165, 1.54) is 24.4 Å². The topological polar surface area (TPSA) is 63.1 Å². The van der Waals surface area contributed by atoms with Crippen LogP contribution < -0.4 is 0 Å². The molecular formula is C12H8ClFN2O2. The van der Waals surface area contributed by atoms with E-state index in [1.54, 1.807) is 6.92 Å². The van der Waals surface area contributed by atoms with E-state index in [1.807, 2.05) is 0 Å². The third kappa shape index (κ3) is 2.31. The number of halogens is 2. The minimum absolute atomic E-state index is 0.000216. The number of hydrogen-bond acceptors (Lipinski definition) is 3. The summed E-state index contributed by atoms with van der Waals surface area (Å²) in [7, 11) is 0. The quantitative estimate of drug-likeness (QED) is 0.908. The van der Waals surface area contributed by atoms with Crippen LogP contribution in [0.3, 0.4) is 0 Å². The SMILES string of the molecule is Cc1cnc(-c2ccc(Cl)c(C(=O)O)n2)c(F)c1. The molecule has 2 aromatic heterocycles. The lowest BCUT2D eigenvalue weighted by Gasteiger charge is -2.04. The molecule has 0 bridgehead atoms. The van der Waals surface area contributed by atoms with E-state index >= 15 is 0 Å². The number of aromatic nitrogens is 2. The Kier molecular flexibility index (Phi) is 3.25. The zero-order valence-electron chi connectivity index (χ0n) is 9.32. The lowest BCUT2D eigenvalue weighted by molar-refractivity contribution is 0.0691. The van der Waals surface area contributed by atoms with E-state index in [0.717, 1.165) is 0 Å². The van der Waals surface area contributed by atoms with Crippen LogP contribution in [0.2, 0.25) is 5.02 Å². The Hall–Kier alpha value is -2.01. The van der Waals surface area contributed by atoms with Crippen molar-refractivity contribution in [2.24, 2.45) is 0 Å². The molecule has 0 aliphatic carbocycles. The van der Waals surface area contributed by atoms with Gasteiger partial charge in [-0.05, 0) is 30.7 Å². The predicted molar refractivity (Wildman–Crippen MR) is 64.1 cm³/mol. The van der Waals surface area contributed by atoms with Crippen LogP contribution in [0.4, 0.5) is 4.39 Å². The molecule has 0 aliphatic rings. The second-order valence-electron chi connectivity index (χ2n) is 3.68. The molecule has 2 rings (SSSR count). The molecule has 0 atom stereocenters. The van der Waals surface area contributed by atoms with E-state index in [4.69, 9.17) is 16.7 Å². The van der Waals surface area contributed by atoms with Gasteiger partial charge in [-0.25, -0.2) is 14.2 Å². The molecule has 0 aliphatic heterocycles. The lowest BCUT2D eigenvalue weighted by atomic mass is 10.2. The number of carboxylic acids is 1. The van der Waals surface area contributed by atoms with Crippen molar-refractivity contribution in [1.29, 1.82) is 0 Å². The highest BCUT2D eigenvalue weighted by Gasteiger charge is 2.15. The molecule has 6 heteroatoms. The number of carboxylic acid groups (broad SMARTS) is 1. The third-order valence-electron chi connectivity index (χ3n) is 2.27. The molecule has 0 saturated heterocycles. The van der Waals surface area contributed by atoms with Gasteiger partial charge < -0.3 is 5.11 Å². The van der Waals surface area contributed by atoms with Gasteiger partial charge in [-0.15, -0.1) is 0 Å². The first-order valence-electron chi connectivity index (χ1n) is 5.01. The zero-order chi connectivity index (χ0) is 13.3. The highest BCUT2D eigenvalue weighted by Crippen LogP contribution is 2.22. The maximum atomic E-state index is 13.7. The van der Waals surface area contributed by atoms with Crippen LogP contribution in [0.25, 0.3) is 11.4 Å². The van der Waals surface area contributed by atoms with Crippen LogP contribution in [-0.2, 0) is 0 Å². The molecule has 0 saturated carbocycles. The van der Waals surface area contributed by atoms with Gasteiger partial charge in [0.15, 0.2) is 11.5 Å². The van der Waals surface area contributed by atoms with Crippen LogP contribution in [0, 0.1) is 12.7 Å². The Bertz CT molecular complexity index is 631. The second-order valence-corrected chi connectivity index (χ2v) is 4.08. The summed E-state index contributed by atoms with van der Waals surface area (Å²) < 4.78 is 13.7. The van der Waals surface area contributed by atoms with Gasteiger partial charge in [0.25, 0.3) is 0 Å². The van der Waals surface area contributed by atoms with Crippen LogP contribution in [0.5, 0.6) is 0 Å². The van der Waals surface area contributed by atoms with Gasteiger partial charge in [0.05, 0.1) is 10.7 Å². The lowest BCUT2D eigenvalue weighted by Crippen LogP contribution is -2.03. The largest absolute Gasteiger partial charge is 0.476 e. The fourth-order valence-electron chi connectivity index (χ4n) is 1.45. The fourth-order valence-corrected chi connectivity index (χ4v) is 1.63. The molecular weight excluding hydrogens is 259 g/mol.